The van der Waals surface area contributed by atoms with E-state index in [0.717, 1.165) is 24.9 Å². The van der Waals surface area contributed by atoms with Gasteiger partial charge < -0.3 is 14.4 Å². The first kappa shape index (κ1) is 17.9. The molecule has 2 aromatic rings. The lowest BCUT2D eigenvalue weighted by atomic mass is 9.97. The Morgan fingerprint density at radius 1 is 1.14 bits per heavy atom. The highest BCUT2D eigenvalue weighted by Crippen LogP contribution is 2.47. The van der Waals surface area contributed by atoms with E-state index < -0.39 is 5.79 Å². The summed E-state index contributed by atoms with van der Waals surface area (Å²) in [7, 11) is 0. The minimum Gasteiger partial charge on any atom is -0.338 e. The molecule has 5 rings (SSSR count). The SMILES string of the molecule is O=C(c1ccc2c(c1)C1(OCCCO1)C(=O)N2CC1CC1)c1ccccc1Cl. The number of carbonyl (C=O) groups is 2. The Morgan fingerprint density at radius 3 is 2.61 bits per heavy atom. The summed E-state index contributed by atoms with van der Waals surface area (Å²) in [5.74, 6) is -1.27. The first-order valence-corrected chi connectivity index (χ1v) is 10.0. The number of rotatable bonds is 4. The third-order valence-electron chi connectivity index (χ3n) is 5.59. The quantitative estimate of drug-likeness (QED) is 0.734. The average Bonchev–Trinajstić information content (AvgIpc) is 3.52. The number of benzene rings is 2. The molecule has 1 aliphatic carbocycles. The summed E-state index contributed by atoms with van der Waals surface area (Å²) in [4.78, 5) is 28.1. The van der Waals surface area contributed by atoms with E-state index in [-0.39, 0.29) is 11.7 Å². The minimum atomic E-state index is -1.43. The van der Waals surface area contributed by atoms with Gasteiger partial charge in [-0.15, -0.1) is 0 Å². The van der Waals surface area contributed by atoms with Crippen LogP contribution in [-0.4, -0.2) is 31.4 Å². The summed E-state index contributed by atoms with van der Waals surface area (Å²) in [6, 6.07) is 12.3. The molecule has 0 N–H and O–H groups in total. The summed E-state index contributed by atoms with van der Waals surface area (Å²) in [6.45, 7) is 1.56. The van der Waals surface area contributed by atoms with E-state index in [1.54, 1.807) is 41.3 Å². The summed E-state index contributed by atoms with van der Waals surface area (Å²) < 4.78 is 11.8. The van der Waals surface area contributed by atoms with Gasteiger partial charge in [0.2, 0.25) is 0 Å². The van der Waals surface area contributed by atoms with Gasteiger partial charge in [-0.3, -0.25) is 9.59 Å². The maximum Gasteiger partial charge on any atom is 0.292 e. The standard InChI is InChI=1S/C22H20ClNO4/c23-18-5-2-1-4-16(18)20(25)15-8-9-19-17(12-15)22(27-10-3-11-28-22)21(26)24(19)13-14-6-7-14/h1-2,4-5,8-9,12,14H,3,6-7,10-11,13H2. The fourth-order valence-electron chi connectivity index (χ4n) is 3.93. The number of anilines is 1. The van der Waals surface area contributed by atoms with Crippen molar-refractivity contribution in [2.75, 3.05) is 24.7 Å². The van der Waals surface area contributed by atoms with Crippen LogP contribution >= 0.6 is 11.6 Å². The zero-order valence-corrected chi connectivity index (χ0v) is 16.1. The highest BCUT2D eigenvalue weighted by Gasteiger charge is 2.55. The number of nitrogens with zero attached hydrogens (tertiary/aromatic N) is 1. The van der Waals surface area contributed by atoms with Crippen LogP contribution < -0.4 is 4.90 Å². The maximum absolute atomic E-state index is 13.3. The summed E-state index contributed by atoms with van der Waals surface area (Å²) >= 11 is 6.21. The number of hydrogen-bond donors (Lipinski definition) is 0. The van der Waals surface area contributed by atoms with Gasteiger partial charge in [-0.05, 0) is 55.5 Å². The van der Waals surface area contributed by atoms with Crippen molar-refractivity contribution in [1.82, 2.24) is 0 Å². The molecule has 0 aromatic heterocycles. The molecule has 5 nitrogen and oxygen atoms in total. The van der Waals surface area contributed by atoms with Crippen molar-refractivity contribution in [2.24, 2.45) is 5.92 Å². The first-order valence-electron chi connectivity index (χ1n) is 9.64. The smallest absolute Gasteiger partial charge is 0.292 e. The molecular formula is C22H20ClNO4. The van der Waals surface area contributed by atoms with Gasteiger partial charge in [0, 0.05) is 23.2 Å². The second-order valence-electron chi connectivity index (χ2n) is 7.57. The van der Waals surface area contributed by atoms with Crippen molar-refractivity contribution in [1.29, 1.82) is 0 Å². The summed E-state index contributed by atoms with van der Waals surface area (Å²) in [5, 5.41) is 0.402. The number of fused-ring (bicyclic) bond motifs is 2. The third kappa shape index (κ3) is 2.77. The van der Waals surface area contributed by atoms with E-state index in [4.69, 9.17) is 21.1 Å². The number of ketones is 1. The van der Waals surface area contributed by atoms with Crippen molar-refractivity contribution in [2.45, 2.75) is 25.0 Å². The lowest BCUT2D eigenvalue weighted by Crippen LogP contribution is -2.47. The predicted octanol–water partition coefficient (Wildman–Crippen LogP) is 3.92. The normalized spacial score (nSPS) is 20.5. The van der Waals surface area contributed by atoms with Crippen molar-refractivity contribution < 1.29 is 19.1 Å². The van der Waals surface area contributed by atoms with Gasteiger partial charge in [-0.2, -0.15) is 0 Å². The molecule has 0 unspecified atom stereocenters. The molecule has 1 saturated heterocycles. The molecule has 0 radical (unpaired) electrons. The molecule has 6 heteroatoms. The Balaban J connectivity index is 1.59. The van der Waals surface area contributed by atoms with Crippen molar-refractivity contribution >= 4 is 29.0 Å². The fourth-order valence-corrected chi connectivity index (χ4v) is 4.15. The number of carbonyl (C=O) groups excluding carboxylic acids is 2. The monoisotopic (exact) mass is 397 g/mol. The molecule has 1 spiro atoms. The lowest BCUT2D eigenvalue weighted by Gasteiger charge is -2.32. The van der Waals surface area contributed by atoms with Crippen LogP contribution in [-0.2, 0) is 20.1 Å². The molecule has 0 atom stereocenters. The first-order chi connectivity index (χ1) is 13.6. The third-order valence-corrected chi connectivity index (χ3v) is 5.92. The number of halogens is 1. The predicted molar refractivity (Wildman–Crippen MR) is 105 cm³/mol. The number of hydrogen-bond acceptors (Lipinski definition) is 4. The van der Waals surface area contributed by atoms with E-state index in [1.165, 1.54) is 0 Å². The van der Waals surface area contributed by atoms with Gasteiger partial charge >= 0.3 is 0 Å². The molecule has 2 heterocycles. The van der Waals surface area contributed by atoms with Crippen molar-refractivity contribution in [3.63, 3.8) is 0 Å². The van der Waals surface area contributed by atoms with Crippen LogP contribution in [0, 0.1) is 5.92 Å². The van der Waals surface area contributed by atoms with Crippen molar-refractivity contribution in [3.05, 3.63) is 64.2 Å². The van der Waals surface area contributed by atoms with E-state index in [0.29, 0.717) is 47.4 Å². The van der Waals surface area contributed by atoms with Crippen LogP contribution in [0.25, 0.3) is 0 Å². The van der Waals surface area contributed by atoms with E-state index in [9.17, 15) is 9.59 Å². The Bertz CT molecular complexity index is 963. The van der Waals surface area contributed by atoms with Crippen LogP contribution in [0.3, 0.4) is 0 Å². The average molecular weight is 398 g/mol. The molecule has 0 bridgehead atoms. The van der Waals surface area contributed by atoms with Gasteiger partial charge in [-0.25, -0.2) is 0 Å². The van der Waals surface area contributed by atoms with Crippen LogP contribution in [0.15, 0.2) is 42.5 Å². The van der Waals surface area contributed by atoms with Gasteiger partial charge in [0.15, 0.2) is 5.78 Å². The van der Waals surface area contributed by atoms with Crippen LogP contribution in [0.1, 0.15) is 40.7 Å². The number of amides is 1. The van der Waals surface area contributed by atoms with Gasteiger partial charge in [0.1, 0.15) is 0 Å². The zero-order valence-electron chi connectivity index (χ0n) is 15.3. The van der Waals surface area contributed by atoms with Crippen LogP contribution in [0.5, 0.6) is 0 Å². The van der Waals surface area contributed by atoms with E-state index in [1.807, 2.05) is 6.07 Å². The van der Waals surface area contributed by atoms with Gasteiger partial charge in [0.25, 0.3) is 11.7 Å². The zero-order chi connectivity index (χ0) is 19.3. The second-order valence-corrected chi connectivity index (χ2v) is 7.97. The molecule has 2 aliphatic heterocycles. The molecule has 3 aliphatic rings. The van der Waals surface area contributed by atoms with Gasteiger partial charge in [0.05, 0.1) is 23.9 Å². The Hall–Kier alpha value is -2.21. The molecule has 2 aromatic carbocycles. The minimum absolute atomic E-state index is 0.184. The molecule has 1 amide bonds. The topological polar surface area (TPSA) is 55.8 Å². The summed E-state index contributed by atoms with van der Waals surface area (Å²) in [5.41, 5.74) is 2.29. The lowest BCUT2D eigenvalue weighted by molar-refractivity contribution is -0.256. The second kappa shape index (κ2) is 6.69. The Kier molecular flexibility index (Phi) is 4.27. The molecule has 1 saturated carbocycles. The van der Waals surface area contributed by atoms with Crippen molar-refractivity contribution in [3.8, 4) is 0 Å². The van der Waals surface area contributed by atoms with E-state index in [2.05, 4.69) is 0 Å². The van der Waals surface area contributed by atoms with E-state index >= 15 is 0 Å². The maximum atomic E-state index is 13.3. The molecular weight excluding hydrogens is 378 g/mol. The fraction of sp³-hybridized carbons (Fsp3) is 0.364. The highest BCUT2D eigenvalue weighted by atomic mass is 35.5. The highest BCUT2D eigenvalue weighted by molar-refractivity contribution is 6.35. The summed E-state index contributed by atoms with van der Waals surface area (Å²) in [6.07, 6.45) is 3.01. The largest absolute Gasteiger partial charge is 0.338 e. The van der Waals surface area contributed by atoms with Gasteiger partial charge in [-0.1, -0.05) is 23.7 Å². The van der Waals surface area contributed by atoms with Crippen LogP contribution in [0.4, 0.5) is 5.69 Å². The molecule has 28 heavy (non-hydrogen) atoms. The number of ether oxygens (including phenoxy) is 2. The Morgan fingerprint density at radius 2 is 1.89 bits per heavy atom. The van der Waals surface area contributed by atoms with Crippen LogP contribution in [0.2, 0.25) is 5.02 Å². The molecule has 144 valence electrons. The Labute approximate surface area is 168 Å². The molecule has 2 fully saturated rings.